The molecule has 0 radical (unpaired) electrons. The fraction of sp³-hybridized carbons (Fsp3) is 0.200. The van der Waals surface area contributed by atoms with Crippen LogP contribution in [-0.4, -0.2) is 7.11 Å². The molecule has 2 aromatic carbocycles. The second-order valence-electron chi connectivity index (χ2n) is 4.22. The van der Waals surface area contributed by atoms with Gasteiger partial charge in [0.2, 0.25) is 0 Å². The summed E-state index contributed by atoms with van der Waals surface area (Å²) in [5, 5.41) is 0.628. The predicted octanol–water partition coefficient (Wildman–Crippen LogP) is 4.16. The molecule has 0 spiro atoms. The molecule has 2 aromatic rings. The molecule has 1 unspecified atom stereocenters. The van der Waals surface area contributed by atoms with Crippen LogP contribution in [0.4, 0.5) is 0 Å². The van der Waals surface area contributed by atoms with Gasteiger partial charge in [0.05, 0.1) is 12.7 Å². The monoisotopic (exact) mass is 277 g/mol. The maximum Gasteiger partial charge on any atom is 0.135 e. The van der Waals surface area contributed by atoms with Gasteiger partial charge in [-0.3, -0.25) is 0 Å². The topological polar surface area (TPSA) is 44.5 Å². The van der Waals surface area contributed by atoms with Crippen LogP contribution in [0.2, 0.25) is 5.02 Å². The van der Waals surface area contributed by atoms with Gasteiger partial charge < -0.3 is 15.2 Å². The first-order valence-corrected chi connectivity index (χ1v) is 6.35. The van der Waals surface area contributed by atoms with Gasteiger partial charge in [-0.1, -0.05) is 23.7 Å². The van der Waals surface area contributed by atoms with Gasteiger partial charge in [0.25, 0.3) is 0 Å². The Balaban J connectivity index is 2.39. The quantitative estimate of drug-likeness (QED) is 0.912. The Hall–Kier alpha value is -1.71. The molecule has 2 N–H and O–H groups in total. The number of benzene rings is 2. The highest BCUT2D eigenvalue weighted by atomic mass is 35.5. The van der Waals surface area contributed by atoms with E-state index >= 15 is 0 Å². The van der Waals surface area contributed by atoms with Gasteiger partial charge in [-0.25, -0.2) is 0 Å². The maximum atomic E-state index is 5.99. The number of halogens is 1. The molecule has 4 heteroatoms. The second-order valence-corrected chi connectivity index (χ2v) is 4.66. The highest BCUT2D eigenvalue weighted by molar-refractivity contribution is 6.30. The van der Waals surface area contributed by atoms with Crippen molar-refractivity contribution in [3.8, 4) is 17.2 Å². The zero-order chi connectivity index (χ0) is 13.8. The van der Waals surface area contributed by atoms with Crippen molar-refractivity contribution < 1.29 is 9.47 Å². The van der Waals surface area contributed by atoms with Gasteiger partial charge in [0.1, 0.15) is 17.2 Å². The molecule has 0 aromatic heterocycles. The number of hydrogen-bond donors (Lipinski definition) is 1. The molecule has 0 saturated carbocycles. The first-order chi connectivity index (χ1) is 9.11. The lowest BCUT2D eigenvalue weighted by Gasteiger charge is -2.17. The molecule has 0 aliphatic heterocycles. The van der Waals surface area contributed by atoms with Gasteiger partial charge in [0.15, 0.2) is 0 Å². The molecule has 1 atom stereocenters. The van der Waals surface area contributed by atoms with Crippen molar-refractivity contribution >= 4 is 11.6 Å². The van der Waals surface area contributed by atoms with Crippen LogP contribution in [0.3, 0.4) is 0 Å². The lowest BCUT2D eigenvalue weighted by molar-refractivity contribution is 0.397. The van der Waals surface area contributed by atoms with Crippen molar-refractivity contribution in [1.29, 1.82) is 0 Å². The lowest BCUT2D eigenvalue weighted by Crippen LogP contribution is -2.08. The van der Waals surface area contributed by atoms with Crippen molar-refractivity contribution in [2.45, 2.75) is 13.0 Å². The summed E-state index contributed by atoms with van der Waals surface area (Å²) >= 11 is 5.94. The minimum Gasteiger partial charge on any atom is -0.496 e. The van der Waals surface area contributed by atoms with Crippen LogP contribution in [-0.2, 0) is 0 Å². The van der Waals surface area contributed by atoms with E-state index in [1.807, 2.05) is 37.3 Å². The standard InChI is InChI=1S/C15H16ClNO2/c1-10(17)15-13(18-2)7-4-8-14(15)19-12-6-3-5-11(16)9-12/h3-10H,17H2,1-2H3. The van der Waals surface area contributed by atoms with Crippen LogP contribution in [0.15, 0.2) is 42.5 Å². The Morgan fingerprint density at radius 1 is 1.11 bits per heavy atom. The number of rotatable bonds is 4. The Labute approximate surface area is 117 Å². The van der Waals surface area contributed by atoms with Gasteiger partial charge in [-0.05, 0) is 37.3 Å². The van der Waals surface area contributed by atoms with E-state index in [1.165, 1.54) is 0 Å². The highest BCUT2D eigenvalue weighted by Gasteiger charge is 2.14. The van der Waals surface area contributed by atoms with Gasteiger partial charge in [-0.15, -0.1) is 0 Å². The number of ether oxygens (including phenoxy) is 2. The van der Waals surface area contributed by atoms with E-state index in [2.05, 4.69) is 0 Å². The van der Waals surface area contributed by atoms with Crippen LogP contribution < -0.4 is 15.2 Å². The summed E-state index contributed by atoms with van der Waals surface area (Å²) in [6.07, 6.45) is 0. The third-order valence-corrected chi connectivity index (χ3v) is 2.96. The summed E-state index contributed by atoms with van der Waals surface area (Å²) in [4.78, 5) is 0. The lowest BCUT2D eigenvalue weighted by atomic mass is 10.1. The molecule has 19 heavy (non-hydrogen) atoms. The molecule has 100 valence electrons. The summed E-state index contributed by atoms with van der Waals surface area (Å²) in [5.74, 6) is 2.06. The minimum atomic E-state index is -0.190. The molecule has 2 rings (SSSR count). The third kappa shape index (κ3) is 3.19. The first-order valence-electron chi connectivity index (χ1n) is 5.97. The van der Waals surface area contributed by atoms with Crippen LogP contribution in [0.1, 0.15) is 18.5 Å². The van der Waals surface area contributed by atoms with Crippen molar-refractivity contribution in [3.05, 3.63) is 53.1 Å². The molecule has 0 fully saturated rings. The molecule has 0 aliphatic carbocycles. The van der Waals surface area contributed by atoms with E-state index in [9.17, 15) is 0 Å². The number of hydrogen-bond acceptors (Lipinski definition) is 3. The number of methoxy groups -OCH3 is 1. The first kappa shape index (κ1) is 13.7. The highest BCUT2D eigenvalue weighted by Crippen LogP contribution is 2.35. The van der Waals surface area contributed by atoms with E-state index in [4.69, 9.17) is 26.8 Å². The fourth-order valence-electron chi connectivity index (χ4n) is 1.90. The summed E-state index contributed by atoms with van der Waals surface area (Å²) in [5.41, 5.74) is 6.83. The Bertz CT molecular complexity index is 570. The molecule has 0 aliphatic rings. The van der Waals surface area contributed by atoms with Crippen LogP contribution in [0.25, 0.3) is 0 Å². The second kappa shape index (κ2) is 5.95. The molecule has 0 saturated heterocycles. The van der Waals surface area contributed by atoms with E-state index < -0.39 is 0 Å². The van der Waals surface area contributed by atoms with Gasteiger partial charge in [0, 0.05) is 11.1 Å². The molecule has 0 heterocycles. The summed E-state index contributed by atoms with van der Waals surface area (Å²) in [6.45, 7) is 1.89. The van der Waals surface area contributed by atoms with E-state index in [-0.39, 0.29) is 6.04 Å². The Kier molecular flexibility index (Phi) is 4.30. The maximum absolute atomic E-state index is 5.99. The van der Waals surface area contributed by atoms with Crippen molar-refractivity contribution in [3.63, 3.8) is 0 Å². The van der Waals surface area contributed by atoms with Crippen LogP contribution >= 0.6 is 11.6 Å². The van der Waals surface area contributed by atoms with Gasteiger partial charge >= 0.3 is 0 Å². The SMILES string of the molecule is COc1cccc(Oc2cccc(Cl)c2)c1C(C)N. The summed E-state index contributed by atoms with van der Waals surface area (Å²) in [6, 6.07) is 12.6. The van der Waals surface area contributed by atoms with Crippen molar-refractivity contribution in [2.75, 3.05) is 7.11 Å². The Morgan fingerprint density at radius 2 is 1.79 bits per heavy atom. The van der Waals surface area contributed by atoms with Crippen LogP contribution in [0.5, 0.6) is 17.2 Å². The van der Waals surface area contributed by atoms with E-state index in [0.717, 1.165) is 11.3 Å². The number of nitrogens with two attached hydrogens (primary N) is 1. The normalized spacial score (nSPS) is 12.0. The van der Waals surface area contributed by atoms with E-state index in [1.54, 1.807) is 19.2 Å². The largest absolute Gasteiger partial charge is 0.496 e. The zero-order valence-electron chi connectivity index (χ0n) is 10.9. The average molecular weight is 278 g/mol. The summed E-state index contributed by atoms with van der Waals surface area (Å²) in [7, 11) is 1.62. The van der Waals surface area contributed by atoms with E-state index in [0.29, 0.717) is 16.5 Å². The third-order valence-electron chi connectivity index (χ3n) is 2.73. The van der Waals surface area contributed by atoms with Crippen LogP contribution in [0, 0.1) is 0 Å². The molecular formula is C15H16ClNO2. The smallest absolute Gasteiger partial charge is 0.135 e. The average Bonchev–Trinajstić information content (AvgIpc) is 2.38. The molecular weight excluding hydrogens is 262 g/mol. The Morgan fingerprint density at radius 3 is 2.42 bits per heavy atom. The summed E-state index contributed by atoms with van der Waals surface area (Å²) < 4.78 is 11.2. The van der Waals surface area contributed by atoms with Gasteiger partial charge in [-0.2, -0.15) is 0 Å². The molecule has 3 nitrogen and oxygen atoms in total. The van der Waals surface area contributed by atoms with Crippen molar-refractivity contribution in [2.24, 2.45) is 5.73 Å². The fourth-order valence-corrected chi connectivity index (χ4v) is 2.08. The van der Waals surface area contributed by atoms with Crippen molar-refractivity contribution in [1.82, 2.24) is 0 Å². The predicted molar refractivity (Wildman–Crippen MR) is 77.1 cm³/mol. The minimum absolute atomic E-state index is 0.190. The molecule has 0 bridgehead atoms. The molecule has 0 amide bonds. The zero-order valence-corrected chi connectivity index (χ0v) is 11.6.